The molecule has 1 fully saturated rings. The van der Waals surface area contributed by atoms with E-state index in [1.165, 1.54) is 6.08 Å². The number of nitrogens with two attached hydrogens (primary N) is 1. The summed E-state index contributed by atoms with van der Waals surface area (Å²) in [4.78, 5) is 41.8. The normalized spacial score (nSPS) is 14.3. The van der Waals surface area contributed by atoms with Crippen LogP contribution in [-0.4, -0.2) is 69.8 Å². The molecule has 0 atom stereocenters. The zero-order chi connectivity index (χ0) is 26.6. The highest BCUT2D eigenvalue weighted by Crippen LogP contribution is 2.32. The van der Waals surface area contributed by atoms with Gasteiger partial charge in [-0.15, -0.1) is 0 Å². The first-order chi connectivity index (χ1) is 18.4. The minimum Gasteiger partial charge on any atom is -0.458 e. The number of halogens is 1. The van der Waals surface area contributed by atoms with Crippen LogP contribution >= 0.6 is 11.6 Å². The lowest BCUT2D eigenvalue weighted by molar-refractivity contribution is -0.116. The summed E-state index contributed by atoms with van der Waals surface area (Å²) in [5.74, 6) is 1.05. The molecule has 1 aliphatic rings. The number of furan rings is 1. The quantitative estimate of drug-likeness (QED) is 0.363. The molecule has 0 saturated carbocycles. The lowest BCUT2D eigenvalue weighted by Gasteiger charge is -2.32. The highest BCUT2D eigenvalue weighted by Gasteiger charge is 2.21. The molecular formula is C27H26ClN7O3. The van der Waals surface area contributed by atoms with Crippen molar-refractivity contribution >= 4 is 46.3 Å². The molecule has 0 unspecified atom stereocenters. The molecule has 0 radical (unpaired) electrons. The number of pyridine rings is 1. The van der Waals surface area contributed by atoms with Crippen molar-refractivity contribution in [1.82, 2.24) is 30.1 Å². The SMILES string of the molecule is CN1CCN(C(=O)c2cnc(-c3cc(Cl)c4oc(CNC(=O)/C=C/c5ccc(N)nc5)cc4c3)nc2)CC1. The van der Waals surface area contributed by atoms with Gasteiger partial charge in [0.15, 0.2) is 11.4 Å². The number of fused-ring (bicyclic) bond motifs is 1. The Morgan fingerprint density at radius 2 is 1.84 bits per heavy atom. The number of nitrogen functional groups attached to an aromatic ring is 1. The Hall–Kier alpha value is -4.28. The number of aromatic nitrogens is 3. The van der Waals surface area contributed by atoms with Crippen molar-refractivity contribution in [3.63, 3.8) is 0 Å². The van der Waals surface area contributed by atoms with Crippen molar-refractivity contribution < 1.29 is 14.0 Å². The Kier molecular flexibility index (Phi) is 7.34. The fraction of sp³-hybridized carbons (Fsp3) is 0.222. The Balaban J connectivity index is 1.25. The van der Waals surface area contributed by atoms with Crippen LogP contribution in [0.3, 0.4) is 0 Å². The van der Waals surface area contributed by atoms with Gasteiger partial charge >= 0.3 is 0 Å². The lowest BCUT2D eigenvalue weighted by Crippen LogP contribution is -2.47. The van der Waals surface area contributed by atoms with E-state index in [2.05, 4.69) is 25.2 Å². The number of nitrogens with one attached hydrogen (secondary N) is 1. The van der Waals surface area contributed by atoms with Gasteiger partial charge in [-0.25, -0.2) is 15.0 Å². The van der Waals surface area contributed by atoms with Gasteiger partial charge in [0.2, 0.25) is 5.91 Å². The number of amides is 2. The molecule has 10 nitrogen and oxygen atoms in total. The van der Waals surface area contributed by atoms with Crippen LogP contribution < -0.4 is 11.1 Å². The number of piperazine rings is 1. The third-order valence-electron chi connectivity index (χ3n) is 6.24. The van der Waals surface area contributed by atoms with Crippen LogP contribution in [-0.2, 0) is 11.3 Å². The first-order valence-corrected chi connectivity index (χ1v) is 12.4. The second-order valence-electron chi connectivity index (χ2n) is 9.05. The first kappa shape index (κ1) is 25.4. The molecule has 0 bridgehead atoms. The van der Waals surface area contributed by atoms with Crippen molar-refractivity contribution in [1.29, 1.82) is 0 Å². The van der Waals surface area contributed by atoms with Gasteiger partial charge in [0.25, 0.3) is 5.91 Å². The molecule has 5 rings (SSSR count). The predicted molar refractivity (Wildman–Crippen MR) is 145 cm³/mol. The summed E-state index contributed by atoms with van der Waals surface area (Å²) in [6.07, 6.45) is 7.74. The van der Waals surface area contributed by atoms with E-state index in [-0.39, 0.29) is 18.4 Å². The largest absolute Gasteiger partial charge is 0.458 e. The van der Waals surface area contributed by atoms with Crippen LogP contribution in [0.25, 0.3) is 28.4 Å². The van der Waals surface area contributed by atoms with E-state index < -0.39 is 0 Å². The van der Waals surface area contributed by atoms with E-state index in [0.717, 1.165) is 24.0 Å². The van der Waals surface area contributed by atoms with Crippen LogP contribution in [0, 0.1) is 0 Å². The van der Waals surface area contributed by atoms with Crippen molar-refractivity contribution in [3.05, 3.63) is 76.9 Å². The van der Waals surface area contributed by atoms with E-state index >= 15 is 0 Å². The predicted octanol–water partition coefficient (Wildman–Crippen LogP) is 3.24. The average molecular weight is 532 g/mol. The number of nitrogens with zero attached hydrogens (tertiary/aromatic N) is 5. The van der Waals surface area contributed by atoms with Gasteiger partial charge in [0.05, 0.1) is 17.1 Å². The van der Waals surface area contributed by atoms with E-state index in [1.807, 2.05) is 24.1 Å². The smallest absolute Gasteiger partial charge is 0.257 e. The number of carbonyl (C=O) groups is 2. The Bertz CT molecular complexity index is 1490. The van der Waals surface area contributed by atoms with Gasteiger partial charge in [0.1, 0.15) is 11.6 Å². The molecule has 194 valence electrons. The third-order valence-corrected chi connectivity index (χ3v) is 6.52. The molecule has 4 heterocycles. The van der Waals surface area contributed by atoms with Crippen molar-refractivity contribution in [2.45, 2.75) is 6.54 Å². The molecule has 1 saturated heterocycles. The number of hydrogen-bond acceptors (Lipinski definition) is 8. The number of anilines is 1. The molecule has 1 aliphatic heterocycles. The maximum atomic E-state index is 12.8. The molecule has 3 aromatic heterocycles. The summed E-state index contributed by atoms with van der Waals surface area (Å²) in [5, 5.41) is 3.93. The van der Waals surface area contributed by atoms with E-state index in [4.69, 9.17) is 21.8 Å². The summed E-state index contributed by atoms with van der Waals surface area (Å²) in [5.41, 5.74) is 7.98. The molecule has 0 spiro atoms. The second kappa shape index (κ2) is 11.0. The maximum absolute atomic E-state index is 12.8. The summed E-state index contributed by atoms with van der Waals surface area (Å²) in [6, 6.07) is 8.83. The molecule has 38 heavy (non-hydrogen) atoms. The van der Waals surface area contributed by atoms with Gasteiger partial charge in [-0.1, -0.05) is 11.6 Å². The van der Waals surface area contributed by atoms with Crippen LogP contribution in [0.1, 0.15) is 21.7 Å². The van der Waals surface area contributed by atoms with Gasteiger partial charge in [-0.05, 0) is 49.0 Å². The maximum Gasteiger partial charge on any atom is 0.257 e. The Morgan fingerprint density at radius 3 is 2.55 bits per heavy atom. The number of rotatable bonds is 6. The molecular weight excluding hydrogens is 506 g/mol. The number of hydrogen-bond donors (Lipinski definition) is 2. The molecule has 2 amide bonds. The standard InChI is InChI=1S/C27H26ClN7O3/c1-34-6-8-35(9-7-34)27(37)20-14-32-26(33-15-20)19-10-18-11-21(38-25(18)22(28)12-19)16-31-24(36)5-3-17-2-4-23(29)30-13-17/h2-5,10-15H,6-9,16H2,1H3,(H2,29,30)(H,31,36)/b5-3+. The zero-order valence-electron chi connectivity index (χ0n) is 20.7. The summed E-state index contributed by atoms with van der Waals surface area (Å²) < 4.78 is 5.85. The van der Waals surface area contributed by atoms with Crippen LogP contribution in [0.15, 0.2) is 59.4 Å². The topological polar surface area (TPSA) is 130 Å². The molecule has 11 heteroatoms. The molecule has 4 aromatic rings. The van der Waals surface area contributed by atoms with Crippen molar-refractivity contribution in [2.75, 3.05) is 39.0 Å². The van der Waals surface area contributed by atoms with Crippen LogP contribution in [0.4, 0.5) is 5.82 Å². The summed E-state index contributed by atoms with van der Waals surface area (Å²) in [6.45, 7) is 3.24. The fourth-order valence-corrected chi connectivity index (χ4v) is 4.35. The molecule has 1 aromatic carbocycles. The van der Waals surface area contributed by atoms with Crippen molar-refractivity contribution in [2.24, 2.45) is 0 Å². The van der Waals surface area contributed by atoms with E-state index in [0.29, 0.717) is 52.2 Å². The minimum atomic E-state index is -0.284. The van der Waals surface area contributed by atoms with Crippen LogP contribution in [0.5, 0.6) is 0 Å². The third kappa shape index (κ3) is 5.82. The van der Waals surface area contributed by atoms with Crippen LogP contribution in [0.2, 0.25) is 5.02 Å². The van der Waals surface area contributed by atoms with Gasteiger partial charge in [0, 0.05) is 61.8 Å². The van der Waals surface area contributed by atoms with Gasteiger partial charge < -0.3 is 25.3 Å². The minimum absolute atomic E-state index is 0.0698. The molecule has 0 aliphatic carbocycles. The Labute approximate surface area is 224 Å². The molecule has 3 N–H and O–H groups in total. The van der Waals surface area contributed by atoms with Gasteiger partial charge in [-0.2, -0.15) is 0 Å². The highest BCUT2D eigenvalue weighted by molar-refractivity contribution is 6.35. The zero-order valence-corrected chi connectivity index (χ0v) is 21.5. The summed E-state index contributed by atoms with van der Waals surface area (Å²) in [7, 11) is 2.04. The highest BCUT2D eigenvalue weighted by atomic mass is 35.5. The number of likely N-dealkylation sites (N-methyl/N-ethyl adjacent to an activating group) is 1. The monoisotopic (exact) mass is 531 g/mol. The number of benzene rings is 1. The average Bonchev–Trinajstić information content (AvgIpc) is 3.35. The lowest BCUT2D eigenvalue weighted by atomic mass is 10.1. The Morgan fingerprint density at radius 1 is 1.08 bits per heavy atom. The van der Waals surface area contributed by atoms with E-state index in [1.54, 1.807) is 42.9 Å². The van der Waals surface area contributed by atoms with Gasteiger partial charge in [-0.3, -0.25) is 9.59 Å². The first-order valence-electron chi connectivity index (χ1n) is 12.1. The fourth-order valence-electron chi connectivity index (χ4n) is 4.08. The van der Waals surface area contributed by atoms with E-state index in [9.17, 15) is 9.59 Å². The summed E-state index contributed by atoms with van der Waals surface area (Å²) >= 11 is 6.48. The van der Waals surface area contributed by atoms with Crippen molar-refractivity contribution in [3.8, 4) is 11.4 Å². The second-order valence-corrected chi connectivity index (χ2v) is 9.45. The number of carbonyl (C=O) groups excluding carboxylic acids is 2.